The van der Waals surface area contributed by atoms with Gasteiger partial charge in [0.25, 0.3) is 5.56 Å². The summed E-state index contributed by atoms with van der Waals surface area (Å²) in [5.41, 5.74) is -0.857. The molecule has 102 valence electrons. The van der Waals surface area contributed by atoms with Gasteiger partial charge in [-0.2, -0.15) is 5.10 Å². The Morgan fingerprint density at radius 3 is 2.95 bits per heavy atom. The summed E-state index contributed by atoms with van der Waals surface area (Å²) in [7, 11) is 0. The number of aryl methyl sites for hydroxylation is 1. The van der Waals surface area contributed by atoms with Gasteiger partial charge in [0.2, 0.25) is 0 Å². The van der Waals surface area contributed by atoms with E-state index >= 15 is 0 Å². The molecule has 0 saturated carbocycles. The normalized spacial score (nSPS) is 11.1. The van der Waals surface area contributed by atoms with Crippen molar-refractivity contribution in [2.24, 2.45) is 0 Å². The molecule has 1 N–H and O–H groups in total. The first-order valence-electron chi connectivity index (χ1n) is 5.70. The Kier molecular flexibility index (Phi) is 2.63. The molecule has 3 aromatic rings. The highest BCUT2D eigenvalue weighted by Gasteiger charge is 2.22. The molecule has 8 nitrogen and oxygen atoms in total. The molecule has 0 bridgehead atoms. The molecular weight excluding hydrogens is 266 g/mol. The lowest BCUT2D eigenvalue weighted by molar-refractivity contribution is 0.0689. The van der Waals surface area contributed by atoms with Crippen LogP contribution in [0.5, 0.6) is 0 Å². The maximum atomic E-state index is 12.2. The maximum absolute atomic E-state index is 12.2. The average Bonchev–Trinajstić information content (AvgIpc) is 3.03. The van der Waals surface area contributed by atoms with Crippen LogP contribution in [0, 0.1) is 6.92 Å². The lowest BCUT2D eigenvalue weighted by Gasteiger charge is -2.04. The number of furan rings is 1. The fraction of sp³-hybridized carbons (Fsp3) is 0.167. The molecule has 8 heteroatoms. The molecule has 0 fully saturated rings. The molecule has 3 rings (SSSR count). The zero-order chi connectivity index (χ0) is 14.3. The van der Waals surface area contributed by atoms with Gasteiger partial charge in [0.15, 0.2) is 11.2 Å². The summed E-state index contributed by atoms with van der Waals surface area (Å²) in [6, 6.07) is 3.32. The Morgan fingerprint density at radius 1 is 1.50 bits per heavy atom. The van der Waals surface area contributed by atoms with Crippen LogP contribution in [0.1, 0.15) is 22.0 Å². The first kappa shape index (κ1) is 12.2. The molecular formula is C12H9N3O5. The van der Waals surface area contributed by atoms with Gasteiger partial charge in [-0.05, 0) is 19.1 Å². The number of carboxylic acids is 1. The monoisotopic (exact) mass is 275 g/mol. The minimum absolute atomic E-state index is 0.0218. The van der Waals surface area contributed by atoms with Crippen molar-refractivity contribution in [2.45, 2.75) is 13.5 Å². The van der Waals surface area contributed by atoms with E-state index in [1.54, 1.807) is 12.1 Å². The predicted octanol–water partition coefficient (Wildman–Crippen LogP) is 1.03. The minimum atomic E-state index is -1.26. The van der Waals surface area contributed by atoms with Crippen LogP contribution in [-0.4, -0.2) is 26.0 Å². The van der Waals surface area contributed by atoms with Crippen molar-refractivity contribution in [2.75, 3.05) is 0 Å². The van der Waals surface area contributed by atoms with Gasteiger partial charge in [-0.3, -0.25) is 4.79 Å². The summed E-state index contributed by atoms with van der Waals surface area (Å²) in [4.78, 5) is 23.4. The van der Waals surface area contributed by atoms with E-state index in [0.717, 1.165) is 4.68 Å². The topological polar surface area (TPSA) is 111 Å². The molecule has 0 aliphatic rings. The SMILES string of the molecule is Cc1onc2c(=O)n(Cc3ccco3)nc(C(=O)O)c12. The summed E-state index contributed by atoms with van der Waals surface area (Å²) in [6.07, 6.45) is 1.46. The second-order valence-corrected chi connectivity index (χ2v) is 4.16. The highest BCUT2D eigenvalue weighted by atomic mass is 16.5. The van der Waals surface area contributed by atoms with Gasteiger partial charge in [-0.15, -0.1) is 0 Å². The molecule has 3 heterocycles. The standard InChI is InChI=1S/C12H9N3O5/c1-6-8-9(14-20-6)11(16)15(13-10(8)12(17)18)5-7-3-2-4-19-7/h2-4H,5H2,1H3,(H,17,18). The fourth-order valence-electron chi connectivity index (χ4n) is 1.94. The van der Waals surface area contributed by atoms with E-state index < -0.39 is 11.5 Å². The van der Waals surface area contributed by atoms with Gasteiger partial charge in [-0.25, -0.2) is 9.48 Å². The summed E-state index contributed by atoms with van der Waals surface area (Å²) in [5.74, 6) is -0.530. The van der Waals surface area contributed by atoms with Crippen molar-refractivity contribution in [3.8, 4) is 0 Å². The van der Waals surface area contributed by atoms with E-state index in [1.165, 1.54) is 13.2 Å². The summed E-state index contributed by atoms with van der Waals surface area (Å²) in [5, 5.41) is 16.8. The number of hydrogen-bond donors (Lipinski definition) is 1. The highest BCUT2D eigenvalue weighted by molar-refractivity contribution is 6.00. The largest absolute Gasteiger partial charge is 0.476 e. The Labute approximate surface area is 111 Å². The van der Waals surface area contributed by atoms with Crippen LogP contribution in [-0.2, 0) is 6.54 Å². The number of rotatable bonds is 3. The molecule has 0 saturated heterocycles. The van der Waals surface area contributed by atoms with Crippen molar-refractivity contribution < 1.29 is 18.8 Å². The molecule has 0 spiro atoms. The lowest BCUT2D eigenvalue weighted by atomic mass is 10.2. The van der Waals surface area contributed by atoms with Crippen molar-refractivity contribution in [3.63, 3.8) is 0 Å². The van der Waals surface area contributed by atoms with Crippen LogP contribution in [0.15, 0.2) is 32.1 Å². The quantitative estimate of drug-likeness (QED) is 0.759. The van der Waals surface area contributed by atoms with Gasteiger partial charge < -0.3 is 14.0 Å². The first-order chi connectivity index (χ1) is 9.58. The van der Waals surface area contributed by atoms with Crippen LogP contribution in [0.4, 0.5) is 0 Å². The fourth-order valence-corrected chi connectivity index (χ4v) is 1.94. The zero-order valence-electron chi connectivity index (χ0n) is 10.4. The summed E-state index contributed by atoms with van der Waals surface area (Å²) in [6.45, 7) is 1.55. The third-order valence-corrected chi connectivity index (χ3v) is 2.85. The molecule has 0 aliphatic carbocycles. The van der Waals surface area contributed by atoms with Crippen molar-refractivity contribution >= 4 is 16.9 Å². The van der Waals surface area contributed by atoms with Gasteiger partial charge >= 0.3 is 5.97 Å². The molecule has 0 atom stereocenters. The first-order valence-corrected chi connectivity index (χ1v) is 5.70. The van der Waals surface area contributed by atoms with Gasteiger partial charge in [-0.1, -0.05) is 5.16 Å². The van der Waals surface area contributed by atoms with Crippen LogP contribution in [0.25, 0.3) is 10.9 Å². The van der Waals surface area contributed by atoms with Crippen LogP contribution >= 0.6 is 0 Å². The summed E-state index contributed by atoms with van der Waals surface area (Å²) >= 11 is 0. The van der Waals surface area contributed by atoms with E-state index in [0.29, 0.717) is 5.76 Å². The molecule has 3 aromatic heterocycles. The Hall–Kier alpha value is -2.90. The number of fused-ring (bicyclic) bond motifs is 1. The van der Waals surface area contributed by atoms with Crippen molar-refractivity contribution in [1.29, 1.82) is 0 Å². The average molecular weight is 275 g/mol. The Bertz CT molecular complexity index is 844. The van der Waals surface area contributed by atoms with Gasteiger partial charge in [0, 0.05) is 0 Å². The van der Waals surface area contributed by atoms with Gasteiger partial charge in [0.1, 0.15) is 18.1 Å². The Balaban J connectivity index is 2.26. The number of hydrogen-bond acceptors (Lipinski definition) is 6. The maximum Gasteiger partial charge on any atom is 0.357 e. The van der Waals surface area contributed by atoms with E-state index in [1.807, 2.05) is 0 Å². The van der Waals surface area contributed by atoms with Crippen LogP contribution < -0.4 is 5.56 Å². The van der Waals surface area contributed by atoms with Crippen molar-refractivity contribution in [1.82, 2.24) is 14.9 Å². The van der Waals surface area contributed by atoms with Crippen LogP contribution in [0.3, 0.4) is 0 Å². The van der Waals surface area contributed by atoms with Crippen molar-refractivity contribution in [3.05, 3.63) is 46.0 Å². The van der Waals surface area contributed by atoms with E-state index in [-0.39, 0.29) is 28.9 Å². The second kappa shape index (κ2) is 4.34. The number of carboxylic acid groups (broad SMARTS) is 1. The van der Waals surface area contributed by atoms with Crippen LogP contribution in [0.2, 0.25) is 0 Å². The number of carbonyl (C=O) groups is 1. The predicted molar refractivity (Wildman–Crippen MR) is 65.6 cm³/mol. The zero-order valence-corrected chi connectivity index (χ0v) is 10.4. The molecule has 0 aliphatic heterocycles. The molecule has 0 aromatic carbocycles. The summed E-state index contributed by atoms with van der Waals surface area (Å²) < 4.78 is 11.0. The molecule has 20 heavy (non-hydrogen) atoms. The van der Waals surface area contributed by atoms with E-state index in [2.05, 4.69) is 10.3 Å². The molecule has 0 unspecified atom stereocenters. The highest BCUT2D eigenvalue weighted by Crippen LogP contribution is 2.17. The Morgan fingerprint density at radius 2 is 2.30 bits per heavy atom. The third-order valence-electron chi connectivity index (χ3n) is 2.85. The smallest absolute Gasteiger partial charge is 0.357 e. The molecule has 0 amide bonds. The minimum Gasteiger partial charge on any atom is -0.476 e. The van der Waals surface area contributed by atoms with Gasteiger partial charge in [0.05, 0.1) is 11.6 Å². The van der Waals surface area contributed by atoms with E-state index in [4.69, 9.17) is 8.94 Å². The number of aromatic carboxylic acids is 1. The number of nitrogens with zero attached hydrogens (tertiary/aromatic N) is 3. The number of aromatic nitrogens is 3. The second-order valence-electron chi connectivity index (χ2n) is 4.16. The lowest BCUT2D eigenvalue weighted by Crippen LogP contribution is -2.26. The third kappa shape index (κ3) is 1.78. The molecule has 0 radical (unpaired) electrons. The van der Waals surface area contributed by atoms with E-state index in [9.17, 15) is 14.7 Å².